The first-order valence-electron chi connectivity index (χ1n) is 5.67. The highest BCUT2D eigenvalue weighted by atomic mass is 35.5. The summed E-state index contributed by atoms with van der Waals surface area (Å²) in [5.74, 6) is -1.24. The first-order chi connectivity index (χ1) is 8.40. The van der Waals surface area contributed by atoms with E-state index in [1.807, 2.05) is 13.8 Å². The van der Waals surface area contributed by atoms with Gasteiger partial charge in [0, 0.05) is 23.0 Å². The molecular formula is C13H18ClNO4. The van der Waals surface area contributed by atoms with Gasteiger partial charge >= 0.3 is 5.97 Å². The Labute approximate surface area is 116 Å². The number of nitrogens with one attached hydrogen (secondary N) is 1. The summed E-state index contributed by atoms with van der Waals surface area (Å²) < 4.78 is 0. The summed E-state index contributed by atoms with van der Waals surface area (Å²) in [4.78, 5) is 22.9. The number of halogens is 1. The van der Waals surface area contributed by atoms with E-state index in [2.05, 4.69) is 5.32 Å². The van der Waals surface area contributed by atoms with Crippen molar-refractivity contribution >= 4 is 23.4 Å². The van der Waals surface area contributed by atoms with E-state index >= 15 is 0 Å². The zero-order chi connectivity index (χ0) is 13.7. The molecule has 0 radical (unpaired) electrons. The van der Waals surface area contributed by atoms with E-state index < -0.39 is 12.0 Å². The van der Waals surface area contributed by atoms with Gasteiger partial charge in [-0.05, 0) is 24.3 Å². The van der Waals surface area contributed by atoms with Crippen LogP contribution in [0.25, 0.3) is 0 Å². The lowest BCUT2D eigenvalue weighted by molar-refractivity contribution is -0.139. The second kappa shape index (κ2) is 7.89. The maximum atomic E-state index is 11.9. The summed E-state index contributed by atoms with van der Waals surface area (Å²) in [6.45, 7) is 3.67. The first-order valence-corrected chi connectivity index (χ1v) is 6.05. The van der Waals surface area contributed by atoms with Crippen molar-refractivity contribution in [2.45, 2.75) is 32.4 Å². The molecule has 0 spiro atoms. The van der Waals surface area contributed by atoms with E-state index in [0.717, 1.165) is 0 Å². The summed E-state index contributed by atoms with van der Waals surface area (Å²) in [6, 6.07) is 5.55. The molecule has 6 heteroatoms. The lowest BCUT2D eigenvalue weighted by Crippen LogP contribution is -2.42. The Hall–Kier alpha value is -1.43. The van der Waals surface area contributed by atoms with Crippen LogP contribution in [-0.2, 0) is 4.79 Å². The molecule has 1 rings (SSSR count). The molecule has 1 unspecified atom stereocenters. The topological polar surface area (TPSA) is 97.9 Å². The van der Waals surface area contributed by atoms with E-state index in [-0.39, 0.29) is 23.7 Å². The van der Waals surface area contributed by atoms with Gasteiger partial charge in [0.2, 0.25) is 0 Å². The standard InChI is InChI=1S/C13H16ClNO3.H2O/c1-8(2)15-11(13(17)18)7-12(16)9-3-5-10(14)6-4-9;/h3-6,8,11,15H,7H2,1-2H3,(H,17,18);1H2. The normalized spacial score (nSPS) is 11.8. The van der Waals surface area contributed by atoms with Gasteiger partial charge in [-0.1, -0.05) is 25.4 Å². The molecule has 0 aliphatic heterocycles. The molecule has 0 saturated carbocycles. The number of hydrogen-bond acceptors (Lipinski definition) is 3. The quantitative estimate of drug-likeness (QED) is 0.775. The molecule has 5 nitrogen and oxygen atoms in total. The minimum Gasteiger partial charge on any atom is -0.480 e. The van der Waals surface area contributed by atoms with E-state index in [1.54, 1.807) is 24.3 Å². The summed E-state index contributed by atoms with van der Waals surface area (Å²) >= 11 is 5.72. The van der Waals surface area contributed by atoms with Gasteiger partial charge in [-0.3, -0.25) is 9.59 Å². The van der Waals surface area contributed by atoms with Crippen molar-refractivity contribution < 1.29 is 20.2 Å². The Bertz CT molecular complexity index is 431. The maximum Gasteiger partial charge on any atom is 0.321 e. The molecule has 0 aromatic heterocycles. The van der Waals surface area contributed by atoms with Crippen molar-refractivity contribution in [1.29, 1.82) is 0 Å². The summed E-state index contributed by atoms with van der Waals surface area (Å²) in [5.41, 5.74) is 0.469. The number of Topliss-reactive ketones (excluding diaryl/α,β-unsaturated/α-hetero) is 1. The van der Waals surface area contributed by atoms with E-state index in [0.29, 0.717) is 10.6 Å². The molecule has 19 heavy (non-hydrogen) atoms. The number of aliphatic carboxylic acids is 1. The van der Waals surface area contributed by atoms with Crippen molar-refractivity contribution in [3.05, 3.63) is 34.9 Å². The Morgan fingerprint density at radius 2 is 1.79 bits per heavy atom. The highest BCUT2D eigenvalue weighted by Gasteiger charge is 2.22. The zero-order valence-corrected chi connectivity index (χ0v) is 11.6. The minimum atomic E-state index is -1.02. The first kappa shape index (κ1) is 17.6. The van der Waals surface area contributed by atoms with Crippen molar-refractivity contribution in [2.75, 3.05) is 0 Å². The smallest absolute Gasteiger partial charge is 0.321 e. The number of hydrogen-bond donors (Lipinski definition) is 2. The molecule has 106 valence electrons. The van der Waals surface area contributed by atoms with Crippen molar-refractivity contribution in [1.82, 2.24) is 5.32 Å². The number of ketones is 1. The summed E-state index contributed by atoms with van der Waals surface area (Å²) in [5, 5.41) is 12.4. The molecular weight excluding hydrogens is 270 g/mol. The third kappa shape index (κ3) is 5.83. The molecule has 1 atom stereocenters. The van der Waals surface area contributed by atoms with Gasteiger partial charge in [0.1, 0.15) is 6.04 Å². The fourth-order valence-electron chi connectivity index (χ4n) is 1.56. The predicted molar refractivity (Wildman–Crippen MR) is 73.7 cm³/mol. The number of benzene rings is 1. The van der Waals surface area contributed by atoms with E-state index in [1.165, 1.54) is 0 Å². The molecule has 0 aliphatic rings. The third-order valence-corrected chi connectivity index (χ3v) is 2.64. The van der Waals surface area contributed by atoms with Gasteiger partial charge in [0.25, 0.3) is 0 Å². The number of carboxylic acids is 1. The molecule has 0 heterocycles. The molecule has 0 bridgehead atoms. The van der Waals surface area contributed by atoms with Crippen molar-refractivity contribution in [2.24, 2.45) is 0 Å². The van der Waals surface area contributed by atoms with Gasteiger partial charge in [-0.2, -0.15) is 0 Å². The third-order valence-electron chi connectivity index (χ3n) is 2.39. The van der Waals surface area contributed by atoms with Gasteiger partial charge in [0.05, 0.1) is 0 Å². The van der Waals surface area contributed by atoms with Crippen LogP contribution >= 0.6 is 11.6 Å². The molecule has 1 aromatic rings. The molecule has 4 N–H and O–H groups in total. The largest absolute Gasteiger partial charge is 0.480 e. The number of carbonyl (C=O) groups is 2. The Kier molecular flexibility index (Phi) is 7.29. The molecule has 0 aliphatic carbocycles. The van der Waals surface area contributed by atoms with Gasteiger partial charge < -0.3 is 15.9 Å². The van der Waals surface area contributed by atoms with Crippen LogP contribution in [0.2, 0.25) is 5.02 Å². The van der Waals surface area contributed by atoms with Gasteiger partial charge in [-0.25, -0.2) is 0 Å². The average Bonchev–Trinajstić information content (AvgIpc) is 2.28. The second-order valence-corrected chi connectivity index (χ2v) is 4.78. The van der Waals surface area contributed by atoms with Crippen LogP contribution in [0.3, 0.4) is 0 Å². The van der Waals surface area contributed by atoms with Gasteiger partial charge in [0.15, 0.2) is 5.78 Å². The van der Waals surface area contributed by atoms with Crippen molar-refractivity contribution in [3.63, 3.8) is 0 Å². The SMILES string of the molecule is CC(C)NC(CC(=O)c1ccc(Cl)cc1)C(=O)O.O. The lowest BCUT2D eigenvalue weighted by atomic mass is 10.0. The van der Waals surface area contributed by atoms with Crippen LogP contribution in [-0.4, -0.2) is 34.4 Å². The van der Waals surface area contributed by atoms with Crippen molar-refractivity contribution in [3.8, 4) is 0 Å². The van der Waals surface area contributed by atoms with Crippen LogP contribution < -0.4 is 5.32 Å². The monoisotopic (exact) mass is 287 g/mol. The Morgan fingerprint density at radius 1 is 1.26 bits per heavy atom. The van der Waals surface area contributed by atoms with Crippen LogP contribution in [0.5, 0.6) is 0 Å². The number of rotatable bonds is 6. The fraction of sp³-hybridized carbons (Fsp3) is 0.385. The number of carbonyl (C=O) groups excluding carboxylic acids is 1. The fourth-order valence-corrected chi connectivity index (χ4v) is 1.68. The summed E-state index contributed by atoms with van der Waals surface area (Å²) in [7, 11) is 0. The minimum absolute atomic E-state index is 0. The average molecular weight is 288 g/mol. The Balaban J connectivity index is 0.00000324. The van der Waals surface area contributed by atoms with E-state index in [4.69, 9.17) is 16.7 Å². The number of carboxylic acid groups (broad SMARTS) is 1. The maximum absolute atomic E-state index is 11.9. The van der Waals surface area contributed by atoms with Crippen LogP contribution in [0, 0.1) is 0 Å². The van der Waals surface area contributed by atoms with E-state index in [9.17, 15) is 9.59 Å². The highest BCUT2D eigenvalue weighted by molar-refractivity contribution is 6.30. The Morgan fingerprint density at radius 3 is 2.21 bits per heavy atom. The lowest BCUT2D eigenvalue weighted by Gasteiger charge is -2.16. The van der Waals surface area contributed by atoms with Gasteiger partial charge in [-0.15, -0.1) is 0 Å². The predicted octanol–water partition coefficient (Wildman–Crippen LogP) is 1.54. The second-order valence-electron chi connectivity index (χ2n) is 4.35. The molecule has 0 saturated heterocycles. The van der Waals surface area contributed by atoms with Crippen LogP contribution in [0.1, 0.15) is 30.6 Å². The highest BCUT2D eigenvalue weighted by Crippen LogP contribution is 2.12. The molecule has 0 amide bonds. The zero-order valence-electron chi connectivity index (χ0n) is 10.8. The molecule has 1 aromatic carbocycles. The van der Waals surface area contributed by atoms with Crippen LogP contribution in [0.4, 0.5) is 0 Å². The summed E-state index contributed by atoms with van der Waals surface area (Å²) in [6.07, 6.45) is -0.0743. The molecule has 0 fully saturated rings. The van der Waals surface area contributed by atoms with Crippen LogP contribution in [0.15, 0.2) is 24.3 Å².